The lowest BCUT2D eigenvalue weighted by atomic mass is 9.84. The number of hydrogen-bond acceptors (Lipinski definition) is 3. The molecule has 0 bridgehead atoms. The number of nitrogens with zero attached hydrogens (tertiary/aromatic N) is 2. The fraction of sp³-hybridized carbons (Fsp3) is 0.324. The van der Waals surface area contributed by atoms with Crippen LogP contribution < -0.4 is 10.4 Å². The molecular weight excluding hydrogens is 612 g/mol. The molecule has 5 aromatic rings. The molecule has 2 aromatic heterocycles. The van der Waals surface area contributed by atoms with Crippen molar-refractivity contribution in [2.24, 2.45) is 5.41 Å². The summed E-state index contributed by atoms with van der Waals surface area (Å²) in [6.07, 6.45) is 2.53. The minimum atomic E-state index is -2.67. The van der Waals surface area contributed by atoms with Crippen molar-refractivity contribution in [3.05, 3.63) is 115 Å². The fourth-order valence-corrected chi connectivity index (χ4v) is 11.8. The summed E-state index contributed by atoms with van der Waals surface area (Å²) >= 11 is 3.93. The summed E-state index contributed by atoms with van der Waals surface area (Å²) in [5.41, 5.74) is 5.36. The van der Waals surface area contributed by atoms with E-state index in [1.807, 2.05) is 19.2 Å². The standard InChI is InChI=1S/C37H43BrN2O2Si/c1-27(41-7)34-31(22-16-24-39-34)35-32(30-21-14-15-23-33(30)40(35)38)25-37(5,6)26-42-43(36(2,3)4,28-17-10-8-11-18-28)29-19-12-9-13-20-29/h8-24,27H,25-26H2,1-7H3/t27-/m0/s1. The molecule has 43 heavy (non-hydrogen) atoms. The second-order valence-corrected chi connectivity index (χ2v) is 18.2. The third kappa shape index (κ3) is 6.03. The van der Waals surface area contributed by atoms with Gasteiger partial charge < -0.3 is 9.16 Å². The lowest BCUT2D eigenvalue weighted by Crippen LogP contribution is -2.67. The lowest BCUT2D eigenvalue weighted by Gasteiger charge is -2.44. The maximum atomic E-state index is 7.44. The predicted molar refractivity (Wildman–Crippen MR) is 186 cm³/mol. The van der Waals surface area contributed by atoms with Crippen molar-refractivity contribution in [1.29, 1.82) is 0 Å². The van der Waals surface area contributed by atoms with Crippen molar-refractivity contribution in [3.8, 4) is 11.3 Å². The van der Waals surface area contributed by atoms with E-state index in [0.29, 0.717) is 6.61 Å². The van der Waals surface area contributed by atoms with Gasteiger partial charge in [0.05, 0.1) is 39.2 Å². The normalized spacial score (nSPS) is 13.4. The van der Waals surface area contributed by atoms with Crippen LogP contribution in [0.1, 0.15) is 58.9 Å². The first kappa shape index (κ1) is 31.4. The maximum absolute atomic E-state index is 7.44. The smallest absolute Gasteiger partial charge is 0.261 e. The number of hydrogen-bond donors (Lipinski definition) is 0. The molecule has 0 aliphatic heterocycles. The molecule has 0 radical (unpaired) electrons. The Morgan fingerprint density at radius 3 is 1.98 bits per heavy atom. The highest BCUT2D eigenvalue weighted by Gasteiger charge is 2.50. The van der Waals surface area contributed by atoms with Gasteiger partial charge in [-0.2, -0.15) is 0 Å². The number of methoxy groups -OCH3 is 1. The average Bonchev–Trinajstić information content (AvgIpc) is 3.27. The Kier molecular flexibility index (Phi) is 9.14. The Morgan fingerprint density at radius 1 is 0.814 bits per heavy atom. The Bertz CT molecular complexity index is 1640. The molecule has 0 spiro atoms. The molecular formula is C37H43BrN2O2Si. The maximum Gasteiger partial charge on any atom is 0.261 e. The SMILES string of the molecule is CO[C@@H](C)c1ncccc1-c1c(CC(C)(C)CO[Si](c2ccccc2)(c2ccccc2)C(C)(C)C)c2ccccc2n1Br. The third-order valence-electron chi connectivity index (χ3n) is 8.51. The van der Waals surface area contributed by atoms with Crippen LogP contribution >= 0.6 is 16.1 Å². The summed E-state index contributed by atoms with van der Waals surface area (Å²) in [7, 11) is -0.937. The highest BCUT2D eigenvalue weighted by atomic mass is 79.9. The molecule has 0 aliphatic rings. The van der Waals surface area contributed by atoms with Gasteiger partial charge in [-0.15, -0.1) is 0 Å². The molecule has 3 aromatic carbocycles. The predicted octanol–water partition coefficient (Wildman–Crippen LogP) is 8.71. The van der Waals surface area contributed by atoms with Crippen LogP contribution in [-0.4, -0.2) is 30.6 Å². The van der Waals surface area contributed by atoms with Crippen molar-refractivity contribution in [2.75, 3.05) is 13.7 Å². The van der Waals surface area contributed by atoms with E-state index in [1.54, 1.807) is 7.11 Å². The van der Waals surface area contributed by atoms with Gasteiger partial charge in [-0.3, -0.25) is 8.58 Å². The van der Waals surface area contributed by atoms with Crippen molar-refractivity contribution in [2.45, 2.75) is 59.1 Å². The van der Waals surface area contributed by atoms with Gasteiger partial charge in [0.25, 0.3) is 8.32 Å². The van der Waals surface area contributed by atoms with Crippen molar-refractivity contribution in [1.82, 2.24) is 8.58 Å². The van der Waals surface area contributed by atoms with E-state index in [-0.39, 0.29) is 16.6 Å². The van der Waals surface area contributed by atoms with E-state index in [4.69, 9.17) is 14.1 Å². The zero-order valence-electron chi connectivity index (χ0n) is 26.4. The Hall–Kier alpha value is -3.03. The van der Waals surface area contributed by atoms with Gasteiger partial charge in [0.1, 0.15) is 0 Å². The van der Waals surface area contributed by atoms with Gasteiger partial charge in [-0.25, -0.2) is 0 Å². The van der Waals surface area contributed by atoms with Gasteiger partial charge in [0, 0.05) is 30.9 Å². The number of halogens is 1. The molecule has 4 nitrogen and oxygen atoms in total. The topological polar surface area (TPSA) is 36.3 Å². The van der Waals surface area contributed by atoms with E-state index in [0.717, 1.165) is 28.9 Å². The molecule has 2 heterocycles. The van der Waals surface area contributed by atoms with E-state index >= 15 is 0 Å². The van der Waals surface area contributed by atoms with Crippen LogP contribution in [0.15, 0.2) is 103 Å². The zero-order valence-corrected chi connectivity index (χ0v) is 29.0. The van der Waals surface area contributed by atoms with E-state index in [1.165, 1.54) is 21.3 Å². The van der Waals surface area contributed by atoms with Crippen LogP contribution in [0.3, 0.4) is 0 Å². The molecule has 0 unspecified atom stereocenters. The number of rotatable bonds is 10. The molecule has 0 N–H and O–H groups in total. The summed E-state index contributed by atoms with van der Waals surface area (Å²) in [5, 5.41) is 3.75. The van der Waals surface area contributed by atoms with Crippen LogP contribution in [0.4, 0.5) is 0 Å². The number of para-hydroxylation sites is 1. The molecule has 0 fully saturated rings. The Morgan fingerprint density at radius 2 is 1.40 bits per heavy atom. The van der Waals surface area contributed by atoms with Gasteiger partial charge in [-0.05, 0) is 57.9 Å². The molecule has 0 amide bonds. The summed E-state index contributed by atoms with van der Waals surface area (Å²) in [6, 6.07) is 34.5. The first-order valence-electron chi connectivity index (χ1n) is 15.0. The highest BCUT2D eigenvalue weighted by Crippen LogP contribution is 2.42. The highest BCUT2D eigenvalue weighted by molar-refractivity contribution is 9.08. The first-order chi connectivity index (χ1) is 20.5. The molecule has 0 aliphatic carbocycles. The number of benzene rings is 3. The molecule has 5 rings (SSSR count). The van der Waals surface area contributed by atoms with Gasteiger partial charge in [0.15, 0.2) is 0 Å². The van der Waals surface area contributed by atoms with Crippen LogP contribution in [0, 0.1) is 5.41 Å². The molecule has 1 atom stereocenters. The number of pyridine rings is 1. The van der Waals surface area contributed by atoms with E-state index in [9.17, 15) is 0 Å². The van der Waals surface area contributed by atoms with Crippen molar-refractivity contribution < 1.29 is 9.16 Å². The van der Waals surface area contributed by atoms with E-state index < -0.39 is 8.32 Å². The Labute approximate surface area is 266 Å². The number of fused-ring (bicyclic) bond motifs is 1. The van der Waals surface area contributed by atoms with Crippen molar-refractivity contribution >= 4 is 45.7 Å². The minimum absolute atomic E-state index is 0.0796. The minimum Gasteiger partial charge on any atom is -0.407 e. The second kappa shape index (κ2) is 12.5. The Balaban J connectivity index is 1.60. The molecule has 0 saturated carbocycles. The lowest BCUT2D eigenvalue weighted by molar-refractivity contribution is 0.116. The fourth-order valence-electron chi connectivity index (χ4n) is 6.36. The van der Waals surface area contributed by atoms with Gasteiger partial charge in [0.2, 0.25) is 0 Å². The molecule has 0 saturated heterocycles. The third-order valence-corrected chi connectivity index (χ3v) is 14.2. The summed E-state index contributed by atoms with van der Waals surface area (Å²) in [6.45, 7) is 14.3. The zero-order chi connectivity index (χ0) is 30.8. The monoisotopic (exact) mass is 654 g/mol. The molecule has 224 valence electrons. The first-order valence-corrected chi connectivity index (χ1v) is 17.6. The van der Waals surface area contributed by atoms with Crippen LogP contribution in [-0.2, 0) is 15.6 Å². The van der Waals surface area contributed by atoms with E-state index in [2.05, 4.69) is 145 Å². The average molecular weight is 656 g/mol. The summed E-state index contributed by atoms with van der Waals surface area (Å²) in [5.74, 6) is 0. The van der Waals surface area contributed by atoms with Crippen LogP contribution in [0.25, 0.3) is 22.2 Å². The quantitative estimate of drug-likeness (QED) is 0.141. The summed E-state index contributed by atoms with van der Waals surface area (Å²) in [4.78, 5) is 4.76. The second-order valence-electron chi connectivity index (χ2n) is 13.2. The number of ether oxygens (including phenoxy) is 1. The van der Waals surface area contributed by atoms with Gasteiger partial charge in [-0.1, -0.05) is 113 Å². The summed E-state index contributed by atoms with van der Waals surface area (Å²) < 4.78 is 15.3. The van der Waals surface area contributed by atoms with Gasteiger partial charge >= 0.3 is 0 Å². The molecule has 6 heteroatoms. The van der Waals surface area contributed by atoms with Crippen molar-refractivity contribution in [3.63, 3.8) is 0 Å². The number of aromatic nitrogens is 2. The van der Waals surface area contributed by atoms with Crippen LogP contribution in [0.2, 0.25) is 5.04 Å². The largest absolute Gasteiger partial charge is 0.407 e. The van der Waals surface area contributed by atoms with Crippen LogP contribution in [0.5, 0.6) is 0 Å².